The second kappa shape index (κ2) is 31.7. The molecule has 4 radical (unpaired) electrons. The minimum Gasteiger partial charge on any atom is 1.00 e. The molecule has 0 atom stereocenters. The molecular formula is C4H6Cl6K2Pt2. The molecule has 86 valence electrons. The van der Waals surface area contributed by atoms with Gasteiger partial charge in [-0.05, 0) is 26.7 Å². The number of hydrogen-bond acceptors (Lipinski definition) is 0. The summed E-state index contributed by atoms with van der Waals surface area (Å²) >= 11 is -3.70. The molecule has 0 aromatic rings. The van der Waals surface area contributed by atoms with E-state index >= 15 is 0 Å². The molecule has 14 heavy (non-hydrogen) atoms. The van der Waals surface area contributed by atoms with Gasteiger partial charge in [-0.2, -0.15) is 0 Å². The van der Waals surface area contributed by atoms with Crippen LogP contribution in [0, 0.1) is 26.7 Å². The van der Waals surface area contributed by atoms with Crippen LogP contribution in [-0.2, 0) is 28.4 Å². The molecular weight excluding hydrogens is 729 g/mol. The van der Waals surface area contributed by atoms with Crippen LogP contribution in [0.15, 0.2) is 0 Å². The second-order valence-corrected chi connectivity index (χ2v) is 20.4. The first-order valence-electron chi connectivity index (χ1n) is 1.87. The first kappa shape index (κ1) is 32.4. The van der Waals surface area contributed by atoms with Crippen LogP contribution in [0.25, 0.3) is 0 Å². The van der Waals surface area contributed by atoms with Crippen molar-refractivity contribution in [3.05, 3.63) is 26.7 Å². The number of unbranched alkanes of at least 4 members (excludes halogenated alkanes) is 1. The fraction of sp³-hybridized carbons (Fsp3) is 0. The maximum atomic E-state index is 4.96. The van der Waals surface area contributed by atoms with E-state index in [0.717, 1.165) is 0 Å². The van der Waals surface area contributed by atoms with Crippen molar-refractivity contribution in [2.45, 2.75) is 0 Å². The average molecular weight is 735 g/mol. The zero-order valence-corrected chi connectivity index (χ0v) is 22.8. The summed E-state index contributed by atoms with van der Waals surface area (Å²) in [6, 6.07) is 0. The Bertz CT molecular complexity index is 56.3. The summed E-state index contributed by atoms with van der Waals surface area (Å²) in [5, 5.41) is 0. The van der Waals surface area contributed by atoms with E-state index in [1.165, 1.54) is 0 Å². The summed E-state index contributed by atoms with van der Waals surface area (Å²) in [7, 11) is 29.8. The topological polar surface area (TPSA) is 0 Å². The normalized spacial score (nSPS) is 8.57. The zero-order chi connectivity index (χ0) is 10.6. The predicted molar refractivity (Wildman–Crippen MR) is 54.4 cm³/mol. The van der Waals surface area contributed by atoms with Gasteiger partial charge in [-0.25, -0.2) is 0 Å². The van der Waals surface area contributed by atoms with Gasteiger partial charge in [0.15, 0.2) is 0 Å². The van der Waals surface area contributed by atoms with Crippen LogP contribution in [0.1, 0.15) is 0 Å². The Labute approximate surface area is 208 Å². The number of hydrogen-bond donors (Lipinski definition) is 0. The third-order valence-electron chi connectivity index (χ3n) is 0.167. The number of halogens is 6. The first-order chi connectivity index (χ1) is 5.38. The van der Waals surface area contributed by atoms with Gasteiger partial charge in [0.25, 0.3) is 0 Å². The van der Waals surface area contributed by atoms with Crippen LogP contribution in [-0.4, -0.2) is 0 Å². The Hall–Kier alpha value is 6.39. The summed E-state index contributed by atoms with van der Waals surface area (Å²) in [5.41, 5.74) is 0. The quantitative estimate of drug-likeness (QED) is 0.310. The Morgan fingerprint density at radius 3 is 0.714 bits per heavy atom. The fourth-order valence-electron chi connectivity index (χ4n) is 0. The average Bonchev–Trinajstić information content (AvgIpc) is 1.85. The van der Waals surface area contributed by atoms with E-state index in [-0.39, 0.29) is 103 Å². The minimum atomic E-state index is -1.85. The van der Waals surface area contributed by atoms with Gasteiger partial charge in [-0.1, -0.05) is 0 Å². The van der Waals surface area contributed by atoms with Crippen molar-refractivity contribution in [2.75, 3.05) is 0 Å². The second-order valence-electron chi connectivity index (χ2n) is 0.742. The van der Waals surface area contributed by atoms with Gasteiger partial charge < -0.3 is 0 Å². The first-order valence-corrected chi connectivity index (χ1v) is 18.8. The van der Waals surface area contributed by atoms with Crippen molar-refractivity contribution in [3.8, 4) is 0 Å². The zero-order valence-electron chi connectivity index (χ0n) is 7.47. The van der Waals surface area contributed by atoms with E-state index in [0.29, 0.717) is 0 Å². The van der Waals surface area contributed by atoms with Crippen LogP contribution in [0.5, 0.6) is 0 Å². The Morgan fingerprint density at radius 2 is 0.714 bits per heavy atom. The SMILES string of the molecule is [CH2][CH][CH][CH2].[Cl][Pt-]([Cl])[Cl].[Cl][Pt-]([Cl])[Cl].[K+].[K+]. The van der Waals surface area contributed by atoms with Crippen LogP contribution < -0.4 is 103 Å². The molecule has 0 rings (SSSR count). The van der Waals surface area contributed by atoms with Crippen molar-refractivity contribution >= 4 is 56.5 Å². The summed E-state index contributed by atoms with van der Waals surface area (Å²) in [6.45, 7) is 6.72. The Balaban J connectivity index is -0.0000000270. The monoisotopic (exact) mass is 732 g/mol. The van der Waals surface area contributed by atoms with Crippen molar-refractivity contribution in [1.29, 1.82) is 0 Å². The summed E-state index contributed by atoms with van der Waals surface area (Å²) in [5.74, 6) is 0. The molecule has 0 bridgehead atoms. The van der Waals surface area contributed by atoms with Crippen LogP contribution in [0.4, 0.5) is 0 Å². The fourth-order valence-corrected chi connectivity index (χ4v) is 0. The molecule has 0 saturated heterocycles. The van der Waals surface area contributed by atoms with Crippen molar-refractivity contribution in [3.63, 3.8) is 0 Å². The molecule has 0 amide bonds. The molecule has 0 aliphatic carbocycles. The van der Waals surface area contributed by atoms with Gasteiger partial charge >= 0.3 is 188 Å². The standard InChI is InChI=1S/C4H6.6ClH.2K.2Pt/c1-3-4-2;;;;;;;;;;/h3-4H,1-2H2;6*1H;;;;/q;;;;;;;2*+1;2*+2/p-6. The van der Waals surface area contributed by atoms with E-state index < -0.39 is 28.4 Å². The molecule has 0 aliphatic heterocycles. The van der Waals surface area contributed by atoms with Gasteiger partial charge in [0.2, 0.25) is 0 Å². The summed E-state index contributed by atoms with van der Waals surface area (Å²) in [4.78, 5) is 0. The van der Waals surface area contributed by atoms with Gasteiger partial charge in [0.1, 0.15) is 0 Å². The van der Waals surface area contributed by atoms with Crippen molar-refractivity contribution in [1.82, 2.24) is 0 Å². The molecule has 0 spiro atoms. The van der Waals surface area contributed by atoms with E-state index in [9.17, 15) is 0 Å². The molecule has 0 aliphatic rings. The van der Waals surface area contributed by atoms with E-state index in [4.69, 9.17) is 56.5 Å². The number of rotatable bonds is 1. The van der Waals surface area contributed by atoms with Crippen LogP contribution in [0.2, 0.25) is 0 Å². The Morgan fingerprint density at radius 1 is 0.643 bits per heavy atom. The maximum absolute atomic E-state index is 4.96. The predicted octanol–water partition coefficient (Wildman–Crippen LogP) is -0.797. The molecule has 10 heteroatoms. The maximum Gasteiger partial charge on any atom is 1.00 e. The molecule has 0 aromatic heterocycles. The Kier molecular flexibility index (Phi) is 73.2. The van der Waals surface area contributed by atoms with Crippen molar-refractivity contribution < 1.29 is 131 Å². The molecule has 0 N–H and O–H groups in total. The summed E-state index contributed by atoms with van der Waals surface area (Å²) in [6.07, 6.45) is 3.28. The van der Waals surface area contributed by atoms with Crippen LogP contribution in [0.3, 0.4) is 0 Å². The summed E-state index contributed by atoms with van der Waals surface area (Å²) < 4.78 is 0. The molecule has 0 aromatic carbocycles. The van der Waals surface area contributed by atoms with E-state index in [2.05, 4.69) is 13.8 Å². The molecule has 0 nitrogen and oxygen atoms in total. The van der Waals surface area contributed by atoms with Gasteiger partial charge in [0, 0.05) is 0 Å². The molecule has 0 heterocycles. The van der Waals surface area contributed by atoms with Crippen LogP contribution >= 0.6 is 56.5 Å². The van der Waals surface area contributed by atoms with E-state index in [1.807, 2.05) is 0 Å². The van der Waals surface area contributed by atoms with Gasteiger partial charge in [-0.15, -0.1) is 0 Å². The smallest absolute Gasteiger partial charge is 1.00 e. The largest absolute Gasteiger partial charge is 1.00 e. The van der Waals surface area contributed by atoms with Gasteiger partial charge in [0.05, 0.1) is 0 Å². The van der Waals surface area contributed by atoms with Gasteiger partial charge in [-0.3, -0.25) is 0 Å². The third kappa shape index (κ3) is 102. The molecule has 0 saturated carbocycles. The third-order valence-corrected chi connectivity index (χ3v) is 0.167. The minimum absolute atomic E-state index is 0. The molecule has 0 unspecified atom stereocenters. The van der Waals surface area contributed by atoms with E-state index in [1.54, 1.807) is 12.8 Å². The molecule has 0 fully saturated rings. The van der Waals surface area contributed by atoms with Crippen molar-refractivity contribution in [2.24, 2.45) is 0 Å².